The summed E-state index contributed by atoms with van der Waals surface area (Å²) < 4.78 is 2.38. The van der Waals surface area contributed by atoms with E-state index in [-0.39, 0.29) is 0 Å². The molecule has 2 nitrogen and oxygen atoms in total. The lowest BCUT2D eigenvalue weighted by Gasteiger charge is -2.17. The molecule has 102 valence electrons. The van der Waals surface area contributed by atoms with Crippen LogP contribution in [0.5, 0.6) is 0 Å². The molecule has 1 aliphatic rings. The highest BCUT2D eigenvalue weighted by molar-refractivity contribution is 5.07. The van der Waals surface area contributed by atoms with Crippen molar-refractivity contribution in [2.45, 2.75) is 71.5 Å². The Morgan fingerprint density at radius 1 is 1.28 bits per heavy atom. The Balaban J connectivity index is 1.81. The van der Waals surface area contributed by atoms with Gasteiger partial charge in [-0.3, -0.25) is 0 Å². The molecular weight excluding hydrogens is 220 g/mol. The monoisotopic (exact) mass is 248 g/mol. The number of hydrogen-bond donors (Lipinski definition) is 1. The maximum atomic E-state index is 3.76. The van der Waals surface area contributed by atoms with Gasteiger partial charge in [0.15, 0.2) is 0 Å². The smallest absolute Gasteiger partial charge is 0.0361 e. The van der Waals surface area contributed by atoms with Gasteiger partial charge in [-0.15, -0.1) is 0 Å². The molecule has 18 heavy (non-hydrogen) atoms. The zero-order valence-electron chi connectivity index (χ0n) is 12.0. The van der Waals surface area contributed by atoms with Crippen LogP contribution >= 0.6 is 0 Å². The first-order valence-corrected chi connectivity index (χ1v) is 7.67. The van der Waals surface area contributed by atoms with E-state index in [9.17, 15) is 0 Å². The molecule has 2 rings (SSSR count). The Bertz CT molecular complexity index is 343. The lowest BCUT2D eigenvalue weighted by Crippen LogP contribution is -2.28. The van der Waals surface area contributed by atoms with Crippen LogP contribution in [0.4, 0.5) is 0 Å². The summed E-state index contributed by atoms with van der Waals surface area (Å²) in [5.41, 5.74) is 1.44. The van der Waals surface area contributed by atoms with Crippen LogP contribution in [0, 0.1) is 5.92 Å². The third kappa shape index (κ3) is 3.88. The molecule has 0 bridgehead atoms. The highest BCUT2D eigenvalue weighted by Crippen LogP contribution is 2.22. The maximum absolute atomic E-state index is 3.76. The Morgan fingerprint density at radius 3 is 3.00 bits per heavy atom. The van der Waals surface area contributed by atoms with Gasteiger partial charge in [0, 0.05) is 31.0 Å². The van der Waals surface area contributed by atoms with E-state index in [1.54, 1.807) is 0 Å². The van der Waals surface area contributed by atoms with Gasteiger partial charge in [0.05, 0.1) is 0 Å². The molecular formula is C16H28N2. The third-order valence-electron chi connectivity index (χ3n) is 4.22. The highest BCUT2D eigenvalue weighted by atomic mass is 15.0. The van der Waals surface area contributed by atoms with E-state index in [0.29, 0.717) is 0 Å². The fourth-order valence-electron chi connectivity index (χ4n) is 3.01. The van der Waals surface area contributed by atoms with E-state index in [1.165, 1.54) is 44.2 Å². The number of nitrogens with zero attached hydrogens (tertiary/aromatic N) is 1. The van der Waals surface area contributed by atoms with Crippen molar-refractivity contribution in [1.82, 2.24) is 9.88 Å². The number of nitrogens with one attached hydrogen (secondary N) is 1. The van der Waals surface area contributed by atoms with E-state index in [2.05, 4.69) is 42.1 Å². The van der Waals surface area contributed by atoms with Crippen LogP contribution < -0.4 is 5.32 Å². The predicted octanol–water partition coefficient (Wildman–Crippen LogP) is 3.96. The van der Waals surface area contributed by atoms with Crippen LogP contribution in [0.15, 0.2) is 18.3 Å². The zero-order valence-corrected chi connectivity index (χ0v) is 12.0. The minimum absolute atomic E-state index is 0.736. The maximum Gasteiger partial charge on any atom is 0.0361 e. The normalized spacial score (nSPS) is 25.0. The summed E-state index contributed by atoms with van der Waals surface area (Å²) in [7, 11) is 0. The summed E-state index contributed by atoms with van der Waals surface area (Å²) in [6, 6.07) is 5.16. The number of aromatic nitrogens is 1. The molecule has 1 N–H and O–H groups in total. The average molecular weight is 248 g/mol. The lowest BCUT2D eigenvalue weighted by molar-refractivity contribution is 0.439. The van der Waals surface area contributed by atoms with Crippen LogP contribution in [0.2, 0.25) is 0 Å². The molecule has 1 heterocycles. The van der Waals surface area contributed by atoms with Gasteiger partial charge < -0.3 is 9.88 Å². The molecule has 0 radical (unpaired) electrons. The first kappa shape index (κ1) is 13.7. The van der Waals surface area contributed by atoms with Gasteiger partial charge in [-0.1, -0.05) is 26.7 Å². The zero-order chi connectivity index (χ0) is 12.8. The lowest BCUT2D eigenvalue weighted by atomic mass is 10.0. The largest absolute Gasteiger partial charge is 0.350 e. The van der Waals surface area contributed by atoms with Gasteiger partial charge in [-0.25, -0.2) is 0 Å². The topological polar surface area (TPSA) is 17.0 Å². The Morgan fingerprint density at radius 2 is 2.17 bits per heavy atom. The molecule has 2 heteroatoms. The molecule has 2 unspecified atom stereocenters. The Kier molecular flexibility index (Phi) is 5.30. The molecule has 1 saturated carbocycles. The van der Waals surface area contributed by atoms with Gasteiger partial charge in [0.2, 0.25) is 0 Å². The van der Waals surface area contributed by atoms with E-state index in [0.717, 1.165) is 25.0 Å². The Hall–Kier alpha value is -0.760. The van der Waals surface area contributed by atoms with Crippen LogP contribution in [0.3, 0.4) is 0 Å². The first-order chi connectivity index (χ1) is 8.79. The van der Waals surface area contributed by atoms with Crippen molar-refractivity contribution in [3.63, 3.8) is 0 Å². The van der Waals surface area contributed by atoms with Crippen LogP contribution in [0.25, 0.3) is 0 Å². The van der Waals surface area contributed by atoms with Gasteiger partial charge in [-0.2, -0.15) is 0 Å². The predicted molar refractivity (Wildman–Crippen MR) is 77.6 cm³/mol. The second-order valence-electron chi connectivity index (χ2n) is 5.88. The van der Waals surface area contributed by atoms with Crippen molar-refractivity contribution in [3.8, 4) is 0 Å². The van der Waals surface area contributed by atoms with Gasteiger partial charge in [-0.05, 0) is 43.7 Å². The van der Waals surface area contributed by atoms with Crippen molar-refractivity contribution >= 4 is 0 Å². The summed E-state index contributed by atoms with van der Waals surface area (Å²) in [6.45, 7) is 6.82. The number of hydrogen-bond acceptors (Lipinski definition) is 1. The van der Waals surface area contributed by atoms with Gasteiger partial charge >= 0.3 is 0 Å². The molecule has 0 amide bonds. The summed E-state index contributed by atoms with van der Waals surface area (Å²) >= 11 is 0. The van der Waals surface area contributed by atoms with Crippen LogP contribution in [0.1, 0.15) is 58.1 Å². The van der Waals surface area contributed by atoms with E-state index in [4.69, 9.17) is 0 Å². The van der Waals surface area contributed by atoms with Crippen molar-refractivity contribution in [3.05, 3.63) is 24.0 Å². The van der Waals surface area contributed by atoms with Crippen molar-refractivity contribution in [2.24, 2.45) is 5.92 Å². The molecule has 1 fully saturated rings. The molecule has 1 aromatic rings. The van der Waals surface area contributed by atoms with Crippen molar-refractivity contribution in [2.75, 3.05) is 0 Å². The molecule has 2 atom stereocenters. The third-order valence-corrected chi connectivity index (χ3v) is 4.22. The quantitative estimate of drug-likeness (QED) is 0.781. The number of aryl methyl sites for hydroxylation is 1. The minimum atomic E-state index is 0.736. The second kappa shape index (κ2) is 6.98. The average Bonchev–Trinajstić information content (AvgIpc) is 2.69. The summed E-state index contributed by atoms with van der Waals surface area (Å²) in [5, 5.41) is 3.76. The van der Waals surface area contributed by atoms with Crippen LogP contribution in [-0.4, -0.2) is 10.6 Å². The van der Waals surface area contributed by atoms with E-state index in [1.807, 2.05) is 0 Å². The highest BCUT2D eigenvalue weighted by Gasteiger charge is 2.15. The first-order valence-electron chi connectivity index (χ1n) is 7.67. The van der Waals surface area contributed by atoms with Crippen molar-refractivity contribution < 1.29 is 0 Å². The molecule has 1 aliphatic carbocycles. The fraction of sp³-hybridized carbons (Fsp3) is 0.750. The summed E-state index contributed by atoms with van der Waals surface area (Å²) in [4.78, 5) is 0. The minimum Gasteiger partial charge on any atom is -0.350 e. The van der Waals surface area contributed by atoms with Gasteiger partial charge in [0.1, 0.15) is 0 Å². The second-order valence-corrected chi connectivity index (χ2v) is 5.88. The number of rotatable bonds is 5. The van der Waals surface area contributed by atoms with Gasteiger partial charge in [0.25, 0.3) is 0 Å². The SMILES string of the molecule is CCCn1cccc1CNC1CCCC(C)CC1. The van der Waals surface area contributed by atoms with E-state index < -0.39 is 0 Å². The van der Waals surface area contributed by atoms with Crippen molar-refractivity contribution in [1.29, 1.82) is 0 Å². The van der Waals surface area contributed by atoms with Crippen LogP contribution in [-0.2, 0) is 13.1 Å². The molecule has 0 aromatic carbocycles. The fourth-order valence-corrected chi connectivity index (χ4v) is 3.01. The summed E-state index contributed by atoms with van der Waals surface area (Å²) in [6.07, 6.45) is 10.3. The summed E-state index contributed by atoms with van der Waals surface area (Å²) in [5.74, 6) is 0.931. The Labute approximate surface area is 112 Å². The standard InChI is InChI=1S/C16H28N2/c1-3-11-18-12-5-8-16(18)13-17-15-7-4-6-14(2)9-10-15/h5,8,12,14-15,17H,3-4,6-7,9-11,13H2,1-2H3. The molecule has 0 saturated heterocycles. The molecule has 0 spiro atoms. The molecule has 0 aliphatic heterocycles. The molecule has 1 aromatic heterocycles. The van der Waals surface area contributed by atoms with E-state index >= 15 is 0 Å².